The first kappa shape index (κ1) is 21.1. The third-order valence-corrected chi connectivity index (χ3v) is 5.44. The van der Waals surface area contributed by atoms with Gasteiger partial charge in [0.2, 0.25) is 5.91 Å². The van der Waals surface area contributed by atoms with Gasteiger partial charge in [0.05, 0.1) is 41.5 Å². The van der Waals surface area contributed by atoms with Gasteiger partial charge >= 0.3 is 6.18 Å². The molecule has 2 N–H and O–H groups in total. The van der Waals surface area contributed by atoms with Gasteiger partial charge in [-0.05, 0) is 43.7 Å². The number of carbonyl (C=O) groups is 1. The number of fused-ring (bicyclic) bond motifs is 1. The molecule has 1 amide bonds. The number of amides is 1. The second-order valence-corrected chi connectivity index (χ2v) is 7.60. The molecule has 0 spiro atoms. The second kappa shape index (κ2) is 8.16. The van der Waals surface area contributed by atoms with Crippen molar-refractivity contribution in [3.8, 4) is 5.75 Å². The summed E-state index contributed by atoms with van der Waals surface area (Å²) in [5.41, 5.74) is 1.35. The zero-order valence-electron chi connectivity index (χ0n) is 17.0. The summed E-state index contributed by atoms with van der Waals surface area (Å²) in [6.07, 6.45) is -2.46. The lowest BCUT2D eigenvalue weighted by Crippen LogP contribution is -2.51. The number of hydrogen-bond acceptors (Lipinski definition) is 3. The zero-order valence-corrected chi connectivity index (χ0v) is 17.0. The van der Waals surface area contributed by atoms with Gasteiger partial charge in [-0.25, -0.2) is 0 Å². The normalized spacial score (nSPS) is 20.7. The van der Waals surface area contributed by atoms with Crippen molar-refractivity contribution < 1.29 is 27.4 Å². The minimum atomic E-state index is -4.35. The van der Waals surface area contributed by atoms with E-state index in [9.17, 15) is 18.0 Å². The Labute approximate surface area is 177 Å². The largest absolute Gasteiger partial charge is 0.485 e. The number of aromatic amines is 1. The molecule has 0 bridgehead atoms. The maximum absolute atomic E-state index is 12.6. The van der Waals surface area contributed by atoms with Crippen LogP contribution in [-0.4, -0.2) is 29.7 Å². The maximum atomic E-state index is 12.6. The lowest BCUT2D eigenvalue weighted by atomic mass is 9.90. The Hall–Kier alpha value is -3.18. The highest BCUT2D eigenvalue weighted by atomic mass is 19.4. The zero-order chi connectivity index (χ0) is 22.2. The number of halogens is 3. The first-order valence-electron chi connectivity index (χ1n) is 9.92. The highest BCUT2D eigenvalue weighted by Gasteiger charge is 2.41. The smallest absolute Gasteiger partial charge is 0.416 e. The van der Waals surface area contributed by atoms with Crippen LogP contribution < -0.4 is 10.1 Å². The molecule has 1 fully saturated rings. The van der Waals surface area contributed by atoms with Gasteiger partial charge in [-0.3, -0.25) is 4.79 Å². The Morgan fingerprint density at radius 3 is 2.55 bits per heavy atom. The SMILES string of the molecule is CC1OC(C)C1C(=O)Nc1c[nH]c2c#cc(OCCc3ccc(C(F)(F)F)cc3)cc12. The number of anilines is 1. The summed E-state index contributed by atoms with van der Waals surface area (Å²) in [5, 5.41) is 3.66. The lowest BCUT2D eigenvalue weighted by molar-refractivity contribution is -0.175. The van der Waals surface area contributed by atoms with Gasteiger partial charge in [-0.15, -0.1) is 0 Å². The van der Waals surface area contributed by atoms with Crippen molar-refractivity contribution >= 4 is 22.5 Å². The average molecular weight is 430 g/mol. The predicted molar refractivity (Wildman–Crippen MR) is 109 cm³/mol. The molecule has 0 saturated carbocycles. The van der Waals surface area contributed by atoms with Crippen LogP contribution in [-0.2, 0) is 22.1 Å². The van der Waals surface area contributed by atoms with Crippen LogP contribution in [0.25, 0.3) is 10.9 Å². The monoisotopic (exact) mass is 430 g/mol. The van der Waals surface area contributed by atoms with Crippen LogP contribution in [0, 0.1) is 18.1 Å². The molecule has 4 rings (SSSR count). The standard InChI is InChI=1S/C23H21F3N2O3/c1-13-21(14(2)31-13)22(29)28-20-12-27-19-8-7-17(11-18(19)20)30-10-9-15-3-5-16(6-4-15)23(24,25)26/h3-6,11-14,21,27H,9-10H2,1-2H3,(H,28,29). The fraction of sp³-hybridized carbons (Fsp3) is 0.348. The minimum Gasteiger partial charge on any atom is -0.485 e. The van der Waals surface area contributed by atoms with E-state index in [-0.39, 0.29) is 30.6 Å². The number of ether oxygens (including phenoxy) is 2. The molecule has 2 heterocycles. The van der Waals surface area contributed by atoms with Gasteiger partial charge in [0.15, 0.2) is 5.75 Å². The van der Waals surface area contributed by atoms with Crippen molar-refractivity contribution in [1.29, 1.82) is 0 Å². The molecular weight excluding hydrogens is 409 g/mol. The summed E-state index contributed by atoms with van der Waals surface area (Å²) in [6.45, 7) is 4.00. The van der Waals surface area contributed by atoms with Gasteiger partial charge in [0.1, 0.15) is 0 Å². The van der Waals surface area contributed by atoms with Crippen LogP contribution in [0.1, 0.15) is 25.0 Å². The molecule has 5 nitrogen and oxygen atoms in total. The Morgan fingerprint density at radius 2 is 1.90 bits per heavy atom. The van der Waals surface area contributed by atoms with Crippen molar-refractivity contribution in [2.75, 3.05) is 11.9 Å². The van der Waals surface area contributed by atoms with Crippen molar-refractivity contribution in [1.82, 2.24) is 4.98 Å². The third kappa shape index (κ3) is 4.47. The van der Waals surface area contributed by atoms with E-state index in [4.69, 9.17) is 9.47 Å². The van der Waals surface area contributed by atoms with Crippen LogP contribution in [0.2, 0.25) is 0 Å². The molecule has 31 heavy (non-hydrogen) atoms. The van der Waals surface area contributed by atoms with E-state index in [1.54, 1.807) is 12.3 Å². The van der Waals surface area contributed by atoms with E-state index in [0.29, 0.717) is 23.4 Å². The van der Waals surface area contributed by atoms with Crippen LogP contribution >= 0.6 is 0 Å². The Bertz CT molecular complexity index is 1070. The van der Waals surface area contributed by atoms with Gasteiger partial charge < -0.3 is 19.8 Å². The van der Waals surface area contributed by atoms with Gasteiger partial charge in [0.25, 0.3) is 0 Å². The number of nitrogens with one attached hydrogen (secondary N) is 2. The van der Waals surface area contributed by atoms with Crippen LogP contribution in [0.4, 0.5) is 18.9 Å². The molecule has 2 unspecified atom stereocenters. The molecule has 0 radical (unpaired) electrons. The molecule has 1 aliphatic rings. The summed E-state index contributed by atoms with van der Waals surface area (Å²) in [6, 6.07) is 12.6. The molecule has 3 aromatic rings. The highest BCUT2D eigenvalue weighted by Crippen LogP contribution is 2.31. The van der Waals surface area contributed by atoms with Crippen molar-refractivity contribution in [2.24, 2.45) is 5.92 Å². The average Bonchev–Trinajstić information content (AvgIpc) is 3.09. The third-order valence-electron chi connectivity index (χ3n) is 5.44. The first-order chi connectivity index (χ1) is 14.7. The minimum absolute atomic E-state index is 0.107. The van der Waals surface area contributed by atoms with E-state index in [1.807, 2.05) is 13.8 Å². The van der Waals surface area contributed by atoms with Crippen molar-refractivity contribution in [3.63, 3.8) is 0 Å². The molecule has 8 heteroatoms. The van der Waals surface area contributed by atoms with E-state index >= 15 is 0 Å². The van der Waals surface area contributed by atoms with E-state index < -0.39 is 11.7 Å². The Balaban J connectivity index is 1.39. The van der Waals surface area contributed by atoms with Crippen LogP contribution in [0.5, 0.6) is 5.75 Å². The molecule has 2 aromatic carbocycles. The Morgan fingerprint density at radius 1 is 1.19 bits per heavy atom. The van der Waals surface area contributed by atoms with E-state index in [1.165, 1.54) is 12.1 Å². The number of benzene rings is 1. The van der Waals surface area contributed by atoms with Crippen molar-refractivity contribution in [2.45, 2.75) is 38.7 Å². The van der Waals surface area contributed by atoms with E-state index in [2.05, 4.69) is 22.4 Å². The first-order valence-corrected chi connectivity index (χ1v) is 9.92. The molecular formula is C23H21F3N2O3. The van der Waals surface area contributed by atoms with Gasteiger partial charge in [-0.1, -0.05) is 12.1 Å². The number of alkyl halides is 3. The number of carbonyl (C=O) groups excluding carboxylic acids is 1. The van der Waals surface area contributed by atoms with Gasteiger partial charge in [-0.2, -0.15) is 13.2 Å². The molecule has 2 atom stereocenters. The molecule has 162 valence electrons. The second-order valence-electron chi connectivity index (χ2n) is 7.60. The molecule has 1 aliphatic heterocycles. The molecule has 0 aliphatic carbocycles. The number of hydrogen-bond donors (Lipinski definition) is 2. The maximum Gasteiger partial charge on any atom is 0.416 e. The lowest BCUT2D eigenvalue weighted by Gasteiger charge is -2.39. The molecule has 1 saturated heterocycles. The number of H-pyrrole nitrogens is 1. The summed E-state index contributed by atoms with van der Waals surface area (Å²) >= 11 is 0. The quantitative estimate of drug-likeness (QED) is 0.592. The summed E-state index contributed by atoms with van der Waals surface area (Å²) in [5.74, 6) is 0.122. The van der Waals surface area contributed by atoms with Crippen molar-refractivity contribution in [3.05, 3.63) is 59.8 Å². The fourth-order valence-electron chi connectivity index (χ4n) is 3.74. The van der Waals surface area contributed by atoms with Crippen LogP contribution in [0.3, 0.4) is 0 Å². The van der Waals surface area contributed by atoms with E-state index in [0.717, 1.165) is 23.1 Å². The molecule has 1 aromatic heterocycles. The summed E-state index contributed by atoms with van der Waals surface area (Å²) < 4.78 is 49.1. The number of aromatic nitrogens is 1. The number of rotatable bonds is 6. The topological polar surface area (TPSA) is 63.3 Å². The summed E-state index contributed by atoms with van der Waals surface area (Å²) in [4.78, 5) is 15.6. The summed E-state index contributed by atoms with van der Waals surface area (Å²) in [7, 11) is 0. The fourth-order valence-corrected chi connectivity index (χ4v) is 3.74. The Kier molecular flexibility index (Phi) is 5.54. The van der Waals surface area contributed by atoms with Gasteiger partial charge in [0, 0.05) is 24.1 Å². The predicted octanol–water partition coefficient (Wildman–Crippen LogP) is 4.77. The highest BCUT2D eigenvalue weighted by molar-refractivity contribution is 6.02. The van der Waals surface area contributed by atoms with Crippen LogP contribution in [0.15, 0.2) is 36.5 Å².